The summed E-state index contributed by atoms with van der Waals surface area (Å²) in [5.74, 6) is 0.722. The van der Waals surface area contributed by atoms with E-state index in [0.717, 1.165) is 6.42 Å². The largest absolute Gasteiger partial charge is 0.455 e. The molecule has 1 fully saturated rings. The smallest absolute Gasteiger partial charge is 0.427 e. The zero-order chi connectivity index (χ0) is 5.44. The van der Waals surface area contributed by atoms with Crippen molar-refractivity contribution in [3.8, 4) is 0 Å². The molecule has 7 heavy (non-hydrogen) atoms. The van der Waals surface area contributed by atoms with Crippen LogP contribution in [-0.2, 0) is 0 Å². The molecule has 2 unspecified atom stereocenters. The fourth-order valence-corrected chi connectivity index (χ4v) is 0.766. The molecule has 0 bridgehead atoms. The van der Waals surface area contributed by atoms with Crippen molar-refractivity contribution >= 4 is 7.12 Å². The molecule has 2 atom stereocenters. The standard InChI is InChI=1S/C4H9BO2/c1-3-2-4(3)5(6)7/h3-4,6-7H,2H2,1H3. The lowest BCUT2D eigenvalue weighted by Crippen LogP contribution is -2.10. The first-order valence-electron chi connectivity index (χ1n) is 2.58. The molecular formula is C4H9BO2. The Kier molecular flexibility index (Phi) is 1.09. The van der Waals surface area contributed by atoms with Crippen molar-refractivity contribution in [2.45, 2.75) is 19.2 Å². The molecule has 2 N–H and O–H groups in total. The van der Waals surface area contributed by atoms with Gasteiger partial charge in [0.1, 0.15) is 0 Å². The van der Waals surface area contributed by atoms with Crippen molar-refractivity contribution in [3.05, 3.63) is 0 Å². The van der Waals surface area contributed by atoms with Gasteiger partial charge in [-0.1, -0.05) is 6.92 Å². The molecule has 0 saturated heterocycles. The molecule has 0 spiro atoms. The van der Waals surface area contributed by atoms with Crippen LogP contribution in [-0.4, -0.2) is 17.2 Å². The molecule has 0 aromatic rings. The fraction of sp³-hybridized carbons (Fsp3) is 1.00. The van der Waals surface area contributed by atoms with Gasteiger partial charge in [-0.05, 0) is 18.2 Å². The normalized spacial score (nSPS) is 38.1. The Labute approximate surface area is 43.3 Å². The molecule has 0 amide bonds. The lowest BCUT2D eigenvalue weighted by Gasteiger charge is -1.88. The predicted molar refractivity (Wildman–Crippen MR) is 27.7 cm³/mol. The lowest BCUT2D eigenvalue weighted by molar-refractivity contribution is 0.401. The van der Waals surface area contributed by atoms with Gasteiger partial charge in [0.2, 0.25) is 0 Å². The van der Waals surface area contributed by atoms with E-state index in [4.69, 9.17) is 10.0 Å². The Morgan fingerprint density at radius 2 is 2.00 bits per heavy atom. The Morgan fingerprint density at radius 1 is 1.57 bits per heavy atom. The first-order chi connectivity index (χ1) is 3.22. The van der Waals surface area contributed by atoms with E-state index >= 15 is 0 Å². The van der Waals surface area contributed by atoms with Crippen LogP contribution in [0.2, 0.25) is 5.82 Å². The Hall–Kier alpha value is -0.0151. The molecule has 0 aliphatic heterocycles. The molecule has 1 rings (SSSR count). The molecular weight excluding hydrogens is 90.9 g/mol. The molecule has 3 heteroatoms. The van der Waals surface area contributed by atoms with Crippen molar-refractivity contribution in [2.75, 3.05) is 0 Å². The molecule has 40 valence electrons. The fourth-order valence-electron chi connectivity index (χ4n) is 0.766. The van der Waals surface area contributed by atoms with Crippen molar-refractivity contribution in [1.29, 1.82) is 0 Å². The molecule has 2 nitrogen and oxygen atoms in total. The molecule has 1 aliphatic rings. The number of rotatable bonds is 1. The van der Waals surface area contributed by atoms with Crippen LogP contribution >= 0.6 is 0 Å². The van der Waals surface area contributed by atoms with E-state index in [2.05, 4.69) is 0 Å². The van der Waals surface area contributed by atoms with E-state index < -0.39 is 7.12 Å². The van der Waals surface area contributed by atoms with E-state index in [1.165, 1.54) is 0 Å². The van der Waals surface area contributed by atoms with Crippen molar-refractivity contribution < 1.29 is 10.0 Å². The minimum absolute atomic E-state index is 0.181. The Bertz CT molecular complexity index is 74.1. The average Bonchev–Trinajstić information content (AvgIpc) is 2.17. The highest BCUT2D eigenvalue weighted by Crippen LogP contribution is 2.44. The van der Waals surface area contributed by atoms with Crippen molar-refractivity contribution in [3.63, 3.8) is 0 Å². The SMILES string of the molecule is CC1CC1B(O)O. The van der Waals surface area contributed by atoms with E-state index in [9.17, 15) is 0 Å². The van der Waals surface area contributed by atoms with Crippen molar-refractivity contribution in [2.24, 2.45) is 5.92 Å². The van der Waals surface area contributed by atoms with E-state index in [-0.39, 0.29) is 5.82 Å². The minimum Gasteiger partial charge on any atom is -0.427 e. The second-order valence-electron chi connectivity index (χ2n) is 2.29. The van der Waals surface area contributed by atoms with Crippen LogP contribution in [0.15, 0.2) is 0 Å². The minimum atomic E-state index is -1.06. The molecule has 0 aromatic carbocycles. The Balaban J connectivity index is 2.20. The van der Waals surface area contributed by atoms with Crippen LogP contribution in [0.1, 0.15) is 13.3 Å². The van der Waals surface area contributed by atoms with Crippen LogP contribution in [0, 0.1) is 5.92 Å². The summed E-state index contributed by atoms with van der Waals surface area (Å²) < 4.78 is 0. The van der Waals surface area contributed by atoms with Crippen LogP contribution < -0.4 is 0 Å². The van der Waals surface area contributed by atoms with Gasteiger partial charge in [-0.3, -0.25) is 0 Å². The highest BCUT2D eigenvalue weighted by molar-refractivity contribution is 6.44. The third-order valence-electron chi connectivity index (χ3n) is 1.55. The van der Waals surface area contributed by atoms with E-state index in [1.807, 2.05) is 6.92 Å². The van der Waals surface area contributed by atoms with Crippen LogP contribution in [0.25, 0.3) is 0 Å². The van der Waals surface area contributed by atoms with Gasteiger partial charge in [0.05, 0.1) is 0 Å². The van der Waals surface area contributed by atoms with Gasteiger partial charge in [-0.15, -0.1) is 0 Å². The molecule has 0 radical (unpaired) electrons. The number of hydrogen-bond donors (Lipinski definition) is 2. The maximum atomic E-state index is 8.42. The van der Waals surface area contributed by atoms with E-state index in [1.54, 1.807) is 0 Å². The average molecular weight is 99.9 g/mol. The highest BCUT2D eigenvalue weighted by Gasteiger charge is 2.41. The summed E-state index contributed by atoms with van der Waals surface area (Å²) in [6.07, 6.45) is 0.984. The molecule has 1 saturated carbocycles. The summed E-state index contributed by atoms with van der Waals surface area (Å²) in [7, 11) is -1.06. The van der Waals surface area contributed by atoms with Crippen LogP contribution in [0.5, 0.6) is 0 Å². The summed E-state index contributed by atoms with van der Waals surface area (Å²) in [6.45, 7) is 2.02. The predicted octanol–water partition coefficient (Wildman–Crippen LogP) is -0.131. The van der Waals surface area contributed by atoms with Gasteiger partial charge in [0.25, 0.3) is 0 Å². The topological polar surface area (TPSA) is 40.5 Å². The van der Waals surface area contributed by atoms with Gasteiger partial charge in [-0.2, -0.15) is 0 Å². The van der Waals surface area contributed by atoms with Gasteiger partial charge < -0.3 is 10.0 Å². The van der Waals surface area contributed by atoms with Crippen LogP contribution in [0.4, 0.5) is 0 Å². The maximum Gasteiger partial charge on any atom is 0.455 e. The third kappa shape index (κ3) is 0.953. The quantitative estimate of drug-likeness (QED) is 0.450. The maximum absolute atomic E-state index is 8.42. The first-order valence-corrected chi connectivity index (χ1v) is 2.58. The highest BCUT2D eigenvalue weighted by atomic mass is 16.4. The van der Waals surface area contributed by atoms with Gasteiger partial charge in [-0.25, -0.2) is 0 Å². The number of hydrogen-bond acceptors (Lipinski definition) is 2. The summed E-state index contributed by atoms with van der Waals surface area (Å²) in [5.41, 5.74) is 0. The van der Waals surface area contributed by atoms with Gasteiger partial charge >= 0.3 is 7.12 Å². The summed E-state index contributed by atoms with van der Waals surface area (Å²) in [6, 6.07) is 0. The van der Waals surface area contributed by atoms with Gasteiger partial charge in [0, 0.05) is 0 Å². The monoisotopic (exact) mass is 100 g/mol. The lowest BCUT2D eigenvalue weighted by atomic mass is 9.82. The first kappa shape index (κ1) is 5.13. The summed E-state index contributed by atoms with van der Waals surface area (Å²) in [4.78, 5) is 0. The second kappa shape index (κ2) is 1.49. The zero-order valence-corrected chi connectivity index (χ0v) is 4.33. The zero-order valence-electron chi connectivity index (χ0n) is 4.33. The molecule has 1 aliphatic carbocycles. The summed E-state index contributed by atoms with van der Waals surface area (Å²) in [5, 5.41) is 16.8. The van der Waals surface area contributed by atoms with Crippen LogP contribution in [0.3, 0.4) is 0 Å². The van der Waals surface area contributed by atoms with Crippen molar-refractivity contribution in [1.82, 2.24) is 0 Å². The third-order valence-corrected chi connectivity index (χ3v) is 1.55. The Morgan fingerprint density at radius 3 is 2.00 bits per heavy atom. The second-order valence-corrected chi connectivity index (χ2v) is 2.29. The van der Waals surface area contributed by atoms with Gasteiger partial charge in [0.15, 0.2) is 0 Å². The molecule has 0 aromatic heterocycles. The summed E-state index contributed by atoms with van der Waals surface area (Å²) >= 11 is 0. The van der Waals surface area contributed by atoms with E-state index in [0.29, 0.717) is 5.92 Å². The molecule has 0 heterocycles.